The Morgan fingerprint density at radius 3 is 1.86 bits per heavy atom. The zero-order valence-corrected chi connectivity index (χ0v) is 7.89. The minimum absolute atomic E-state index is 0.199. The van der Waals surface area contributed by atoms with Crippen LogP contribution in [0.3, 0.4) is 0 Å². The number of hydrogen-bond acceptors (Lipinski definition) is 5. The molecule has 0 bridgehead atoms. The maximum absolute atomic E-state index is 9.29. The van der Waals surface area contributed by atoms with E-state index < -0.39 is 8.60 Å². The predicted molar refractivity (Wildman–Crippen MR) is 47.8 cm³/mol. The lowest BCUT2D eigenvalue weighted by Crippen LogP contribution is -1.92. The van der Waals surface area contributed by atoms with Crippen molar-refractivity contribution in [3.8, 4) is 11.9 Å². The van der Waals surface area contributed by atoms with E-state index in [-0.39, 0.29) is 11.9 Å². The van der Waals surface area contributed by atoms with Crippen LogP contribution in [0.2, 0.25) is 0 Å². The average molecular weight is 214 g/mol. The molecule has 0 unspecified atom stereocenters. The monoisotopic (exact) mass is 214 g/mol. The number of furan rings is 2. The molecule has 2 rings (SSSR count). The largest absolute Gasteiger partial charge is 0.465 e. The average Bonchev–Trinajstić information content (AvgIpc) is 2.76. The van der Waals surface area contributed by atoms with Crippen LogP contribution < -0.4 is 9.05 Å². The van der Waals surface area contributed by atoms with Gasteiger partial charge in [-0.3, -0.25) is 0 Å². The number of rotatable bonds is 4. The molecule has 0 saturated carbocycles. The maximum Gasteiger partial charge on any atom is 0.465 e. The van der Waals surface area contributed by atoms with Crippen molar-refractivity contribution >= 4 is 8.60 Å². The van der Waals surface area contributed by atoms with Crippen LogP contribution in [-0.2, 0) is 0 Å². The second-order valence-corrected chi connectivity index (χ2v) is 3.13. The minimum atomic E-state index is -2.07. The van der Waals surface area contributed by atoms with Gasteiger partial charge in [-0.25, -0.2) is 0 Å². The first-order valence-corrected chi connectivity index (χ1v) is 4.89. The van der Waals surface area contributed by atoms with Gasteiger partial charge in [-0.1, -0.05) is 0 Å². The Balaban J connectivity index is 1.88. The molecule has 0 fully saturated rings. The van der Waals surface area contributed by atoms with Crippen LogP contribution in [0.25, 0.3) is 0 Å². The van der Waals surface area contributed by atoms with E-state index in [0.717, 1.165) is 0 Å². The molecule has 14 heavy (non-hydrogen) atoms. The molecule has 0 aromatic carbocycles. The summed E-state index contributed by atoms with van der Waals surface area (Å²) in [4.78, 5) is 9.29. The van der Waals surface area contributed by atoms with Crippen LogP contribution in [0.4, 0.5) is 0 Å². The van der Waals surface area contributed by atoms with Gasteiger partial charge in [-0.15, -0.1) is 0 Å². The fourth-order valence-electron chi connectivity index (χ4n) is 0.803. The fourth-order valence-corrected chi connectivity index (χ4v) is 1.36. The van der Waals surface area contributed by atoms with E-state index in [2.05, 4.69) is 0 Å². The molecule has 2 heterocycles. The SMILES string of the molecule is OP(Oc1ccco1)Oc1ccco1. The second kappa shape index (κ2) is 4.17. The normalized spacial score (nSPS) is 10.4. The summed E-state index contributed by atoms with van der Waals surface area (Å²) in [5.74, 6) is 0.398. The molecule has 74 valence electrons. The zero-order chi connectivity index (χ0) is 9.80. The number of hydrogen-bond donors (Lipinski definition) is 1. The van der Waals surface area contributed by atoms with Gasteiger partial charge in [0, 0.05) is 12.1 Å². The molecule has 1 N–H and O–H groups in total. The van der Waals surface area contributed by atoms with Gasteiger partial charge < -0.3 is 22.8 Å². The van der Waals surface area contributed by atoms with Gasteiger partial charge in [-0.2, -0.15) is 0 Å². The van der Waals surface area contributed by atoms with E-state index in [1.807, 2.05) is 0 Å². The summed E-state index contributed by atoms with van der Waals surface area (Å²) in [5.41, 5.74) is 0. The highest BCUT2D eigenvalue weighted by Gasteiger charge is 2.14. The molecular formula is C8H7O5P. The first-order chi connectivity index (χ1) is 6.84. The Morgan fingerprint density at radius 2 is 1.50 bits per heavy atom. The summed E-state index contributed by atoms with van der Waals surface area (Å²) in [6.45, 7) is 0. The van der Waals surface area contributed by atoms with Crippen molar-refractivity contribution in [3.63, 3.8) is 0 Å². The van der Waals surface area contributed by atoms with Crippen molar-refractivity contribution < 1.29 is 22.8 Å². The topological polar surface area (TPSA) is 65.0 Å². The van der Waals surface area contributed by atoms with Crippen LogP contribution in [0, 0.1) is 0 Å². The van der Waals surface area contributed by atoms with Crippen LogP contribution in [-0.4, -0.2) is 4.89 Å². The summed E-state index contributed by atoms with van der Waals surface area (Å²) in [7, 11) is -2.07. The van der Waals surface area contributed by atoms with Gasteiger partial charge in [0.15, 0.2) is 0 Å². The Kier molecular flexibility index (Phi) is 2.72. The molecule has 0 aliphatic carbocycles. The van der Waals surface area contributed by atoms with Gasteiger partial charge in [0.1, 0.15) is 0 Å². The van der Waals surface area contributed by atoms with Gasteiger partial charge in [0.2, 0.25) is 0 Å². The lowest BCUT2D eigenvalue weighted by atomic mass is 10.7. The molecule has 0 amide bonds. The van der Waals surface area contributed by atoms with Gasteiger partial charge in [-0.05, 0) is 12.1 Å². The Labute approximate surface area is 80.9 Å². The van der Waals surface area contributed by atoms with Crippen LogP contribution in [0.1, 0.15) is 0 Å². The van der Waals surface area contributed by atoms with Crippen molar-refractivity contribution in [3.05, 3.63) is 36.8 Å². The Bertz CT molecular complexity index is 319. The summed E-state index contributed by atoms with van der Waals surface area (Å²) in [6, 6.07) is 6.42. The highest BCUT2D eigenvalue weighted by atomic mass is 31.2. The smallest absolute Gasteiger partial charge is 0.434 e. The van der Waals surface area contributed by atoms with Crippen molar-refractivity contribution in [2.75, 3.05) is 0 Å². The maximum atomic E-state index is 9.29. The highest BCUT2D eigenvalue weighted by Crippen LogP contribution is 2.36. The van der Waals surface area contributed by atoms with E-state index >= 15 is 0 Å². The molecule has 6 heteroatoms. The quantitative estimate of drug-likeness (QED) is 0.792. The van der Waals surface area contributed by atoms with Crippen LogP contribution in [0.5, 0.6) is 11.9 Å². The minimum Gasteiger partial charge on any atom is -0.434 e. The van der Waals surface area contributed by atoms with Gasteiger partial charge >= 0.3 is 8.60 Å². The van der Waals surface area contributed by atoms with Crippen molar-refractivity contribution in [2.24, 2.45) is 0 Å². The first kappa shape index (κ1) is 9.12. The third kappa shape index (κ3) is 2.28. The van der Waals surface area contributed by atoms with Crippen molar-refractivity contribution in [1.29, 1.82) is 0 Å². The Hall–Kier alpha value is -1.45. The van der Waals surface area contributed by atoms with E-state index in [1.165, 1.54) is 12.5 Å². The molecule has 0 saturated heterocycles. The Morgan fingerprint density at radius 1 is 1.00 bits per heavy atom. The van der Waals surface area contributed by atoms with E-state index in [9.17, 15) is 4.89 Å². The molecular weight excluding hydrogens is 207 g/mol. The van der Waals surface area contributed by atoms with Crippen LogP contribution >= 0.6 is 8.60 Å². The molecule has 2 aromatic rings. The standard InChI is InChI=1S/C8H7O5P/c9-14(12-7-3-1-5-10-7)13-8-4-2-6-11-8/h1-6,9H. The molecule has 0 atom stereocenters. The van der Waals surface area contributed by atoms with E-state index in [4.69, 9.17) is 17.9 Å². The molecule has 5 nitrogen and oxygen atoms in total. The molecule has 2 aromatic heterocycles. The summed E-state index contributed by atoms with van der Waals surface area (Å²) >= 11 is 0. The highest BCUT2D eigenvalue weighted by molar-refractivity contribution is 7.41. The molecule has 0 aliphatic rings. The summed E-state index contributed by atoms with van der Waals surface area (Å²) in [5, 5.41) is 0. The zero-order valence-electron chi connectivity index (χ0n) is 6.99. The lowest BCUT2D eigenvalue weighted by Gasteiger charge is -2.06. The fraction of sp³-hybridized carbons (Fsp3) is 0. The van der Waals surface area contributed by atoms with E-state index in [0.29, 0.717) is 0 Å². The van der Waals surface area contributed by atoms with Crippen LogP contribution in [0.15, 0.2) is 45.6 Å². The first-order valence-electron chi connectivity index (χ1n) is 3.76. The molecule has 0 aliphatic heterocycles. The lowest BCUT2D eigenvalue weighted by molar-refractivity contribution is 0.298. The third-order valence-corrected chi connectivity index (χ3v) is 2.00. The van der Waals surface area contributed by atoms with Crippen molar-refractivity contribution in [1.82, 2.24) is 0 Å². The molecule has 0 spiro atoms. The van der Waals surface area contributed by atoms with Gasteiger partial charge in [0.25, 0.3) is 11.9 Å². The third-order valence-electron chi connectivity index (χ3n) is 1.33. The second-order valence-electron chi connectivity index (χ2n) is 2.28. The van der Waals surface area contributed by atoms with Crippen molar-refractivity contribution in [2.45, 2.75) is 0 Å². The van der Waals surface area contributed by atoms with Gasteiger partial charge in [0.05, 0.1) is 12.5 Å². The summed E-state index contributed by atoms with van der Waals surface area (Å²) < 4.78 is 19.5. The predicted octanol–water partition coefficient (Wildman–Crippen LogP) is 2.55. The summed E-state index contributed by atoms with van der Waals surface area (Å²) in [6.07, 6.45) is 2.87. The molecule has 0 radical (unpaired) electrons. The van der Waals surface area contributed by atoms with E-state index in [1.54, 1.807) is 24.3 Å².